The van der Waals surface area contributed by atoms with Crippen LogP contribution in [0.3, 0.4) is 0 Å². The molecule has 100 valence electrons. The van der Waals surface area contributed by atoms with E-state index in [1.807, 2.05) is 12.1 Å². The van der Waals surface area contributed by atoms with E-state index in [4.69, 9.17) is 5.73 Å². The van der Waals surface area contributed by atoms with Crippen LogP contribution in [-0.4, -0.2) is 44.3 Å². The number of benzene rings is 1. The summed E-state index contributed by atoms with van der Waals surface area (Å²) >= 11 is 0. The van der Waals surface area contributed by atoms with E-state index in [1.54, 1.807) is 7.05 Å². The summed E-state index contributed by atoms with van der Waals surface area (Å²) in [5.41, 5.74) is 9.48. The van der Waals surface area contributed by atoms with Gasteiger partial charge in [0.15, 0.2) is 0 Å². The van der Waals surface area contributed by atoms with E-state index in [2.05, 4.69) is 40.1 Å². The van der Waals surface area contributed by atoms with E-state index in [-0.39, 0.29) is 0 Å². The Balaban J connectivity index is 2.15. The highest BCUT2D eigenvalue weighted by molar-refractivity contribution is 6.01. The molecule has 19 heavy (non-hydrogen) atoms. The summed E-state index contributed by atoms with van der Waals surface area (Å²) in [6.45, 7) is 2.14. The van der Waals surface area contributed by atoms with Crippen LogP contribution in [0.25, 0.3) is 5.57 Å². The summed E-state index contributed by atoms with van der Waals surface area (Å²) in [6.07, 6.45) is 4.85. The SMILES string of the molecule is CN=CN=C(N)c1ccc(C2=CCN(C)CC2)cc1. The summed E-state index contributed by atoms with van der Waals surface area (Å²) in [6, 6.07) is 8.24. The Morgan fingerprint density at radius 2 is 2.05 bits per heavy atom. The molecule has 0 aromatic heterocycles. The number of aliphatic imine (C=N–C) groups is 2. The van der Waals surface area contributed by atoms with Gasteiger partial charge in [-0.2, -0.15) is 0 Å². The number of nitrogens with zero attached hydrogens (tertiary/aromatic N) is 3. The highest BCUT2D eigenvalue weighted by Crippen LogP contribution is 2.21. The molecule has 4 heteroatoms. The average Bonchev–Trinajstić information content (AvgIpc) is 2.46. The zero-order valence-electron chi connectivity index (χ0n) is 11.5. The minimum absolute atomic E-state index is 0.495. The third kappa shape index (κ3) is 3.51. The summed E-state index contributed by atoms with van der Waals surface area (Å²) in [5, 5.41) is 0. The van der Waals surface area contributed by atoms with Crippen LogP contribution < -0.4 is 5.73 Å². The van der Waals surface area contributed by atoms with Crippen LogP contribution in [0.2, 0.25) is 0 Å². The highest BCUT2D eigenvalue weighted by atomic mass is 15.1. The zero-order valence-corrected chi connectivity index (χ0v) is 11.5. The number of hydrogen-bond acceptors (Lipinski definition) is 2. The third-order valence-corrected chi connectivity index (χ3v) is 3.28. The Morgan fingerprint density at radius 3 is 2.63 bits per heavy atom. The monoisotopic (exact) mass is 256 g/mol. The van der Waals surface area contributed by atoms with Crippen molar-refractivity contribution in [3.63, 3.8) is 0 Å². The van der Waals surface area contributed by atoms with Gasteiger partial charge in [-0.1, -0.05) is 30.3 Å². The molecular weight excluding hydrogens is 236 g/mol. The smallest absolute Gasteiger partial charge is 0.132 e. The molecule has 0 saturated heterocycles. The minimum Gasteiger partial charge on any atom is -0.383 e. The van der Waals surface area contributed by atoms with Crippen molar-refractivity contribution in [3.8, 4) is 0 Å². The Labute approximate surface area is 114 Å². The lowest BCUT2D eigenvalue weighted by molar-refractivity contribution is 0.370. The van der Waals surface area contributed by atoms with Gasteiger partial charge in [0.05, 0.1) is 0 Å². The quantitative estimate of drug-likeness (QED) is 0.662. The minimum atomic E-state index is 0.495. The number of nitrogens with two attached hydrogens (primary N) is 1. The average molecular weight is 256 g/mol. The Bertz CT molecular complexity index is 511. The van der Waals surface area contributed by atoms with E-state index in [0.29, 0.717) is 5.84 Å². The highest BCUT2D eigenvalue weighted by Gasteiger charge is 2.09. The first-order valence-corrected chi connectivity index (χ1v) is 6.43. The second-order valence-electron chi connectivity index (χ2n) is 4.71. The van der Waals surface area contributed by atoms with Gasteiger partial charge < -0.3 is 10.6 Å². The van der Waals surface area contributed by atoms with Gasteiger partial charge in [0, 0.05) is 25.7 Å². The number of likely N-dealkylation sites (N-methyl/N-ethyl adjacent to an activating group) is 1. The van der Waals surface area contributed by atoms with Crippen molar-refractivity contribution >= 4 is 17.7 Å². The van der Waals surface area contributed by atoms with E-state index in [0.717, 1.165) is 25.1 Å². The lowest BCUT2D eigenvalue weighted by atomic mass is 9.98. The molecule has 4 nitrogen and oxygen atoms in total. The standard InChI is InChI=1S/C15H20N4/c1-17-11-18-15(16)14-5-3-12(4-6-14)13-7-9-19(2)10-8-13/h3-7,11H,8-10H2,1-2H3,(H2,16,17,18). The van der Waals surface area contributed by atoms with Crippen molar-refractivity contribution in [2.45, 2.75) is 6.42 Å². The van der Waals surface area contributed by atoms with E-state index in [9.17, 15) is 0 Å². The Morgan fingerprint density at radius 1 is 1.32 bits per heavy atom. The fraction of sp³-hybridized carbons (Fsp3) is 0.333. The molecule has 1 aromatic rings. The van der Waals surface area contributed by atoms with Gasteiger partial charge in [0.1, 0.15) is 12.2 Å². The summed E-state index contributed by atoms with van der Waals surface area (Å²) in [5.74, 6) is 0.495. The second kappa shape index (κ2) is 6.29. The van der Waals surface area contributed by atoms with Gasteiger partial charge in [0.2, 0.25) is 0 Å². The maximum absolute atomic E-state index is 5.87. The first kappa shape index (κ1) is 13.5. The van der Waals surface area contributed by atoms with E-state index in [1.165, 1.54) is 17.5 Å². The summed E-state index contributed by atoms with van der Waals surface area (Å²) < 4.78 is 0. The van der Waals surface area contributed by atoms with Crippen molar-refractivity contribution in [2.75, 3.05) is 27.2 Å². The van der Waals surface area contributed by atoms with Gasteiger partial charge in [-0.05, 0) is 24.6 Å². The fourth-order valence-corrected chi connectivity index (χ4v) is 2.08. The van der Waals surface area contributed by atoms with E-state index >= 15 is 0 Å². The first-order valence-electron chi connectivity index (χ1n) is 6.43. The van der Waals surface area contributed by atoms with Crippen LogP contribution in [0.5, 0.6) is 0 Å². The van der Waals surface area contributed by atoms with Crippen LogP contribution in [0.4, 0.5) is 0 Å². The zero-order chi connectivity index (χ0) is 13.7. The summed E-state index contributed by atoms with van der Waals surface area (Å²) in [7, 11) is 3.81. The Kier molecular flexibility index (Phi) is 4.47. The van der Waals surface area contributed by atoms with E-state index < -0.39 is 0 Å². The van der Waals surface area contributed by atoms with Crippen LogP contribution in [0, 0.1) is 0 Å². The maximum Gasteiger partial charge on any atom is 0.132 e. The summed E-state index contributed by atoms with van der Waals surface area (Å²) in [4.78, 5) is 10.2. The molecule has 0 saturated carbocycles. The fourth-order valence-electron chi connectivity index (χ4n) is 2.08. The molecule has 0 radical (unpaired) electrons. The van der Waals surface area contributed by atoms with Crippen LogP contribution >= 0.6 is 0 Å². The van der Waals surface area contributed by atoms with Crippen LogP contribution in [0.1, 0.15) is 17.5 Å². The molecule has 1 aliphatic rings. The third-order valence-electron chi connectivity index (χ3n) is 3.28. The molecule has 0 spiro atoms. The van der Waals surface area contributed by atoms with Gasteiger partial charge >= 0.3 is 0 Å². The van der Waals surface area contributed by atoms with Gasteiger partial charge in [-0.15, -0.1) is 0 Å². The lowest BCUT2D eigenvalue weighted by Crippen LogP contribution is -2.23. The molecule has 1 heterocycles. The van der Waals surface area contributed by atoms with Crippen LogP contribution in [-0.2, 0) is 0 Å². The van der Waals surface area contributed by atoms with Gasteiger partial charge in [-0.25, -0.2) is 4.99 Å². The largest absolute Gasteiger partial charge is 0.383 e. The number of hydrogen-bond donors (Lipinski definition) is 1. The molecule has 0 amide bonds. The predicted octanol–water partition coefficient (Wildman–Crippen LogP) is 1.77. The van der Waals surface area contributed by atoms with Gasteiger partial charge in [0.25, 0.3) is 0 Å². The molecule has 0 unspecified atom stereocenters. The van der Waals surface area contributed by atoms with Gasteiger partial charge in [-0.3, -0.25) is 4.99 Å². The van der Waals surface area contributed by atoms with Crippen molar-refractivity contribution in [3.05, 3.63) is 41.5 Å². The molecule has 2 N–H and O–H groups in total. The normalized spacial score (nSPS) is 17.8. The molecule has 0 bridgehead atoms. The molecule has 0 aliphatic carbocycles. The van der Waals surface area contributed by atoms with Crippen LogP contribution in [0.15, 0.2) is 40.3 Å². The predicted molar refractivity (Wildman–Crippen MR) is 81.7 cm³/mol. The molecule has 1 aliphatic heterocycles. The number of amidine groups is 1. The second-order valence-corrected chi connectivity index (χ2v) is 4.71. The van der Waals surface area contributed by atoms with Crippen molar-refractivity contribution < 1.29 is 0 Å². The first-order chi connectivity index (χ1) is 9.20. The van der Waals surface area contributed by atoms with Crippen molar-refractivity contribution in [2.24, 2.45) is 15.7 Å². The Hall–Kier alpha value is -1.94. The van der Waals surface area contributed by atoms with Crippen molar-refractivity contribution in [1.29, 1.82) is 0 Å². The molecule has 0 atom stereocenters. The molecule has 0 fully saturated rings. The molecule has 1 aromatic carbocycles. The topological polar surface area (TPSA) is 54.0 Å². The maximum atomic E-state index is 5.87. The molecule has 2 rings (SSSR count). The molecular formula is C15H20N4. The number of rotatable bonds is 3. The van der Waals surface area contributed by atoms with Crippen molar-refractivity contribution in [1.82, 2.24) is 4.90 Å². The lowest BCUT2D eigenvalue weighted by Gasteiger charge is -2.22.